The van der Waals surface area contributed by atoms with Crippen molar-refractivity contribution in [2.24, 2.45) is 5.73 Å². The fourth-order valence-corrected chi connectivity index (χ4v) is 1.41. The van der Waals surface area contributed by atoms with Crippen molar-refractivity contribution in [2.45, 2.75) is 0 Å². The second-order valence-electron chi connectivity index (χ2n) is 3.56. The van der Waals surface area contributed by atoms with Crippen molar-refractivity contribution in [3.8, 4) is 11.5 Å². The Morgan fingerprint density at radius 3 is 2.72 bits per heavy atom. The van der Waals surface area contributed by atoms with E-state index in [4.69, 9.17) is 15.2 Å². The molecule has 1 aliphatic rings. The molecule has 2 N–H and O–H groups in total. The molecule has 2 rings (SSSR count). The van der Waals surface area contributed by atoms with Gasteiger partial charge in [0.05, 0.1) is 0 Å². The van der Waals surface area contributed by atoms with Crippen LogP contribution in [0.25, 0.3) is 6.08 Å². The van der Waals surface area contributed by atoms with E-state index in [0.29, 0.717) is 11.5 Å². The van der Waals surface area contributed by atoms with Gasteiger partial charge in [-0.05, 0) is 23.8 Å². The Labute approximate surface area is 103 Å². The third kappa shape index (κ3) is 2.76. The molecule has 1 heterocycles. The molecule has 1 aromatic rings. The van der Waals surface area contributed by atoms with Gasteiger partial charge in [-0.2, -0.15) is 0 Å². The average Bonchev–Trinajstić information content (AvgIpc) is 2.81. The molecule has 0 atom stereocenters. The van der Waals surface area contributed by atoms with E-state index in [1.807, 2.05) is 12.1 Å². The number of amides is 1. The second-order valence-corrected chi connectivity index (χ2v) is 3.56. The zero-order valence-electron chi connectivity index (χ0n) is 9.46. The normalized spacial score (nSPS) is 13.3. The number of nitrogens with two attached hydrogens (primary N) is 1. The van der Waals surface area contributed by atoms with Gasteiger partial charge >= 0.3 is 0 Å². The van der Waals surface area contributed by atoms with Crippen molar-refractivity contribution in [2.75, 3.05) is 6.79 Å². The van der Waals surface area contributed by atoms with Gasteiger partial charge in [0.1, 0.15) is 0 Å². The molecule has 5 heteroatoms. The summed E-state index contributed by atoms with van der Waals surface area (Å²) in [6.45, 7) is 0.232. The summed E-state index contributed by atoms with van der Waals surface area (Å²) in [5, 5.41) is 0. The van der Waals surface area contributed by atoms with Crippen LogP contribution in [0.2, 0.25) is 0 Å². The fraction of sp³-hybridized carbons (Fsp3) is 0.0769. The number of carbonyl (C=O) groups excluding carboxylic acids is 2. The number of ketones is 1. The Kier molecular flexibility index (Phi) is 3.43. The first kappa shape index (κ1) is 11.9. The molecule has 5 nitrogen and oxygen atoms in total. The lowest BCUT2D eigenvalue weighted by Crippen LogP contribution is -2.20. The first-order valence-corrected chi connectivity index (χ1v) is 5.25. The van der Waals surface area contributed by atoms with Crippen LogP contribution in [-0.2, 0) is 9.59 Å². The number of rotatable bonds is 4. The SMILES string of the molecule is NC(=O)C(=O)/C=C/C=C/c1ccc2c(c1)OCO2. The molecule has 0 radical (unpaired) electrons. The second kappa shape index (κ2) is 5.18. The van der Waals surface area contributed by atoms with Crippen LogP contribution in [0.5, 0.6) is 11.5 Å². The number of allylic oxidation sites excluding steroid dienone is 2. The minimum absolute atomic E-state index is 0.232. The van der Waals surface area contributed by atoms with E-state index in [2.05, 4.69) is 0 Å². The lowest BCUT2D eigenvalue weighted by Gasteiger charge is -1.96. The van der Waals surface area contributed by atoms with Gasteiger partial charge in [0.15, 0.2) is 11.5 Å². The highest BCUT2D eigenvalue weighted by Crippen LogP contribution is 2.32. The topological polar surface area (TPSA) is 78.6 Å². The van der Waals surface area contributed by atoms with Crippen molar-refractivity contribution in [1.29, 1.82) is 0 Å². The first-order valence-electron chi connectivity index (χ1n) is 5.25. The summed E-state index contributed by atoms with van der Waals surface area (Å²) in [7, 11) is 0. The summed E-state index contributed by atoms with van der Waals surface area (Å²) in [6, 6.07) is 5.48. The van der Waals surface area contributed by atoms with Crippen LogP contribution in [0.15, 0.2) is 36.4 Å². The number of primary amides is 1. The number of fused-ring (bicyclic) bond motifs is 1. The summed E-state index contributed by atoms with van der Waals surface area (Å²) in [5.41, 5.74) is 5.70. The number of hydrogen-bond acceptors (Lipinski definition) is 4. The molecular formula is C13H11NO4. The van der Waals surface area contributed by atoms with Gasteiger partial charge in [-0.25, -0.2) is 0 Å². The molecule has 92 valence electrons. The molecule has 0 aromatic heterocycles. The standard InChI is InChI=1S/C13H11NO4/c14-13(16)10(15)4-2-1-3-9-5-6-11-12(7-9)18-8-17-11/h1-7H,8H2,(H2,14,16)/b3-1+,4-2+. The van der Waals surface area contributed by atoms with Crippen LogP contribution in [0.4, 0.5) is 0 Å². The first-order chi connectivity index (χ1) is 8.66. The van der Waals surface area contributed by atoms with Gasteiger partial charge < -0.3 is 15.2 Å². The van der Waals surface area contributed by atoms with Crippen molar-refractivity contribution in [1.82, 2.24) is 0 Å². The van der Waals surface area contributed by atoms with E-state index in [0.717, 1.165) is 11.6 Å². The lowest BCUT2D eigenvalue weighted by molar-refractivity contribution is -0.133. The molecule has 1 aliphatic heterocycles. The summed E-state index contributed by atoms with van der Waals surface area (Å²) >= 11 is 0. The Morgan fingerprint density at radius 2 is 1.94 bits per heavy atom. The van der Waals surface area contributed by atoms with E-state index >= 15 is 0 Å². The minimum Gasteiger partial charge on any atom is -0.454 e. The Balaban J connectivity index is 2.01. The highest BCUT2D eigenvalue weighted by Gasteiger charge is 2.11. The maximum Gasteiger partial charge on any atom is 0.289 e. The molecule has 0 aliphatic carbocycles. The van der Waals surface area contributed by atoms with Crippen LogP contribution >= 0.6 is 0 Å². The predicted octanol–water partition coefficient (Wildman–Crippen LogP) is 1.04. The fourth-order valence-electron chi connectivity index (χ4n) is 1.41. The molecule has 1 aromatic carbocycles. The van der Waals surface area contributed by atoms with Crippen LogP contribution < -0.4 is 15.2 Å². The zero-order valence-corrected chi connectivity index (χ0v) is 9.46. The summed E-state index contributed by atoms with van der Waals surface area (Å²) in [5.74, 6) is -0.297. The quantitative estimate of drug-likeness (QED) is 0.488. The Hall–Kier alpha value is -2.56. The molecule has 0 unspecified atom stereocenters. The van der Waals surface area contributed by atoms with Crippen molar-refractivity contribution in [3.05, 3.63) is 42.0 Å². The maximum absolute atomic E-state index is 10.9. The van der Waals surface area contributed by atoms with Gasteiger partial charge in [-0.1, -0.05) is 24.3 Å². The Bertz CT molecular complexity index is 546. The summed E-state index contributed by atoms with van der Waals surface area (Å²) < 4.78 is 10.4. The van der Waals surface area contributed by atoms with Crippen LogP contribution in [0.1, 0.15) is 5.56 Å². The van der Waals surface area contributed by atoms with Crippen LogP contribution in [0, 0.1) is 0 Å². The molecule has 1 amide bonds. The molecule has 0 spiro atoms. The minimum atomic E-state index is -0.970. The molecule has 0 saturated carbocycles. The monoisotopic (exact) mass is 245 g/mol. The third-order valence-corrected chi connectivity index (χ3v) is 2.29. The van der Waals surface area contributed by atoms with Crippen molar-refractivity contribution < 1.29 is 19.1 Å². The van der Waals surface area contributed by atoms with Gasteiger partial charge in [0.2, 0.25) is 12.6 Å². The van der Waals surface area contributed by atoms with E-state index in [1.54, 1.807) is 18.2 Å². The number of carbonyl (C=O) groups is 2. The molecule has 0 bridgehead atoms. The molecule has 18 heavy (non-hydrogen) atoms. The predicted molar refractivity (Wildman–Crippen MR) is 64.9 cm³/mol. The van der Waals surface area contributed by atoms with Gasteiger partial charge in [-0.3, -0.25) is 9.59 Å². The molecule has 0 saturated heterocycles. The van der Waals surface area contributed by atoms with E-state index in [1.165, 1.54) is 6.08 Å². The van der Waals surface area contributed by atoms with E-state index in [9.17, 15) is 9.59 Å². The smallest absolute Gasteiger partial charge is 0.289 e. The largest absolute Gasteiger partial charge is 0.454 e. The summed E-state index contributed by atoms with van der Waals surface area (Å²) in [6.07, 6.45) is 5.98. The summed E-state index contributed by atoms with van der Waals surface area (Å²) in [4.78, 5) is 21.3. The lowest BCUT2D eigenvalue weighted by atomic mass is 10.2. The average molecular weight is 245 g/mol. The van der Waals surface area contributed by atoms with E-state index in [-0.39, 0.29) is 6.79 Å². The van der Waals surface area contributed by atoms with E-state index < -0.39 is 11.7 Å². The van der Waals surface area contributed by atoms with Gasteiger partial charge in [0, 0.05) is 0 Å². The molecule has 0 fully saturated rings. The number of ether oxygens (including phenoxy) is 2. The zero-order chi connectivity index (χ0) is 13.0. The van der Waals surface area contributed by atoms with Crippen LogP contribution in [0.3, 0.4) is 0 Å². The van der Waals surface area contributed by atoms with Gasteiger partial charge in [0.25, 0.3) is 5.91 Å². The van der Waals surface area contributed by atoms with Gasteiger partial charge in [-0.15, -0.1) is 0 Å². The highest BCUT2D eigenvalue weighted by atomic mass is 16.7. The van der Waals surface area contributed by atoms with Crippen molar-refractivity contribution >= 4 is 17.8 Å². The van der Waals surface area contributed by atoms with Crippen molar-refractivity contribution in [3.63, 3.8) is 0 Å². The maximum atomic E-state index is 10.9. The molecular weight excluding hydrogens is 234 g/mol. The number of benzene rings is 1. The third-order valence-electron chi connectivity index (χ3n) is 2.29. The number of hydrogen-bond donors (Lipinski definition) is 1. The Morgan fingerprint density at radius 1 is 1.17 bits per heavy atom. The highest BCUT2D eigenvalue weighted by molar-refractivity contribution is 6.40. The van der Waals surface area contributed by atoms with Crippen LogP contribution in [-0.4, -0.2) is 18.5 Å².